The fourth-order valence-electron chi connectivity index (χ4n) is 1.41. The van der Waals surface area contributed by atoms with Crippen LogP contribution in [0.3, 0.4) is 0 Å². The van der Waals surface area contributed by atoms with Crippen molar-refractivity contribution in [3.8, 4) is 5.75 Å². The van der Waals surface area contributed by atoms with Gasteiger partial charge in [0.1, 0.15) is 5.75 Å². The Morgan fingerprint density at radius 2 is 1.94 bits per heavy atom. The summed E-state index contributed by atoms with van der Waals surface area (Å²) in [7, 11) is -3.46. The quantitative estimate of drug-likeness (QED) is 0.912. The van der Waals surface area contributed by atoms with Gasteiger partial charge in [-0.15, -0.1) is 0 Å². The molecule has 0 aliphatic carbocycles. The minimum Gasteiger partial charge on any atom is -0.496 e. The van der Waals surface area contributed by atoms with Crippen LogP contribution in [0, 0.1) is 0 Å². The molecule has 1 aromatic rings. The van der Waals surface area contributed by atoms with Crippen molar-refractivity contribution in [2.24, 2.45) is 5.14 Å². The van der Waals surface area contributed by atoms with Crippen molar-refractivity contribution < 1.29 is 26.3 Å². The monoisotopic (exact) mass is 347 g/mol. The highest BCUT2D eigenvalue weighted by Crippen LogP contribution is 2.40. The molecule has 0 bridgehead atoms. The minimum atomic E-state index is -4.98. The van der Waals surface area contributed by atoms with E-state index in [1.165, 1.54) is 13.2 Å². The molecule has 4 nitrogen and oxygen atoms in total. The van der Waals surface area contributed by atoms with Gasteiger partial charge in [-0.05, 0) is 33.6 Å². The predicted octanol–water partition coefficient (Wildman–Crippen LogP) is 2.35. The minimum absolute atomic E-state index is 0.209. The number of hydrogen-bond donors (Lipinski definition) is 1. The molecular formula is C9H9BrF3NO3S. The topological polar surface area (TPSA) is 69.4 Å². The molecule has 0 aliphatic heterocycles. The van der Waals surface area contributed by atoms with Gasteiger partial charge >= 0.3 is 6.18 Å². The third-order valence-electron chi connectivity index (χ3n) is 2.10. The van der Waals surface area contributed by atoms with E-state index in [4.69, 9.17) is 4.74 Å². The Balaban J connectivity index is 3.37. The summed E-state index contributed by atoms with van der Waals surface area (Å²) in [5.41, 5.74) is -0.474. The van der Waals surface area contributed by atoms with Gasteiger partial charge in [-0.1, -0.05) is 6.07 Å². The molecule has 0 spiro atoms. The van der Waals surface area contributed by atoms with E-state index >= 15 is 0 Å². The Kier molecular flexibility index (Phi) is 4.29. The predicted molar refractivity (Wildman–Crippen MR) is 62.6 cm³/mol. The van der Waals surface area contributed by atoms with E-state index < -0.39 is 27.0 Å². The van der Waals surface area contributed by atoms with Crippen molar-refractivity contribution in [3.63, 3.8) is 0 Å². The second-order valence-electron chi connectivity index (χ2n) is 3.40. The first kappa shape index (κ1) is 15.3. The molecule has 0 fully saturated rings. The number of alkyl halides is 3. The Morgan fingerprint density at radius 1 is 1.39 bits per heavy atom. The lowest BCUT2D eigenvalue weighted by molar-refractivity contribution is -0.131. The van der Waals surface area contributed by atoms with E-state index in [0.29, 0.717) is 0 Å². The van der Waals surface area contributed by atoms with Gasteiger partial charge < -0.3 is 4.74 Å². The fourth-order valence-corrected chi connectivity index (χ4v) is 2.87. The highest BCUT2D eigenvalue weighted by Gasteiger charge is 2.48. The summed E-state index contributed by atoms with van der Waals surface area (Å²) in [6.07, 6.45) is -4.98. The van der Waals surface area contributed by atoms with Crippen LogP contribution in [0.25, 0.3) is 0 Å². The third kappa shape index (κ3) is 3.36. The number of ether oxygens (including phenoxy) is 1. The first-order valence-corrected chi connectivity index (χ1v) is 6.89. The molecule has 2 N–H and O–H groups in total. The Labute approximate surface area is 110 Å². The largest absolute Gasteiger partial charge is 0.496 e. The summed E-state index contributed by atoms with van der Waals surface area (Å²) in [4.78, 5) is 0. The Hall–Kier alpha value is -0.800. The molecule has 1 aromatic carbocycles. The SMILES string of the molecule is COc1ccc(C(C(F)(F)F)S(N)(=O)=O)cc1Br. The second kappa shape index (κ2) is 5.06. The molecule has 0 heterocycles. The number of nitrogens with two attached hydrogens (primary N) is 1. The Bertz CT molecular complexity index is 544. The van der Waals surface area contributed by atoms with Crippen LogP contribution in [0.1, 0.15) is 10.8 Å². The van der Waals surface area contributed by atoms with Gasteiger partial charge in [-0.2, -0.15) is 13.2 Å². The van der Waals surface area contributed by atoms with Gasteiger partial charge in [0.25, 0.3) is 0 Å². The van der Waals surface area contributed by atoms with E-state index in [9.17, 15) is 21.6 Å². The molecule has 0 aromatic heterocycles. The summed E-state index contributed by atoms with van der Waals surface area (Å²) in [5.74, 6) is 0.286. The van der Waals surface area contributed by atoms with E-state index in [0.717, 1.165) is 12.1 Å². The molecule has 1 unspecified atom stereocenters. The molecule has 0 saturated carbocycles. The van der Waals surface area contributed by atoms with Crippen LogP contribution in [0.2, 0.25) is 0 Å². The average Bonchev–Trinajstić information content (AvgIpc) is 2.13. The smallest absolute Gasteiger partial charge is 0.410 e. The van der Waals surface area contributed by atoms with Gasteiger partial charge in [0.15, 0.2) is 5.25 Å². The summed E-state index contributed by atoms with van der Waals surface area (Å²) in [6, 6.07) is 3.25. The van der Waals surface area contributed by atoms with Crippen LogP contribution < -0.4 is 9.88 Å². The number of primary sulfonamides is 1. The fraction of sp³-hybridized carbons (Fsp3) is 0.333. The summed E-state index contributed by atoms with van der Waals surface area (Å²) in [6.45, 7) is 0. The van der Waals surface area contributed by atoms with Crippen molar-refractivity contribution >= 4 is 26.0 Å². The molecule has 0 saturated heterocycles. The number of hydrogen-bond acceptors (Lipinski definition) is 3. The zero-order chi connectivity index (χ0) is 14.1. The van der Waals surface area contributed by atoms with E-state index in [2.05, 4.69) is 21.1 Å². The molecule has 0 aliphatic rings. The number of sulfonamides is 1. The normalized spacial score (nSPS) is 14.3. The maximum atomic E-state index is 12.7. The van der Waals surface area contributed by atoms with Crippen LogP contribution in [-0.4, -0.2) is 21.7 Å². The molecule has 0 amide bonds. The average molecular weight is 348 g/mol. The first-order valence-electron chi connectivity index (χ1n) is 4.49. The summed E-state index contributed by atoms with van der Waals surface area (Å²) in [5, 5.41) is 1.87. The van der Waals surface area contributed by atoms with Crippen LogP contribution in [-0.2, 0) is 10.0 Å². The summed E-state index contributed by atoms with van der Waals surface area (Å²) < 4.78 is 65.3. The maximum Gasteiger partial charge on any atom is 0.410 e. The molecule has 1 rings (SSSR count). The van der Waals surface area contributed by atoms with Crippen LogP contribution >= 0.6 is 15.9 Å². The lowest BCUT2D eigenvalue weighted by Crippen LogP contribution is -2.33. The van der Waals surface area contributed by atoms with Crippen molar-refractivity contribution in [1.29, 1.82) is 0 Å². The maximum absolute atomic E-state index is 12.7. The molecule has 102 valence electrons. The van der Waals surface area contributed by atoms with Gasteiger partial charge in [0.2, 0.25) is 10.0 Å². The van der Waals surface area contributed by atoms with Crippen LogP contribution in [0.5, 0.6) is 5.75 Å². The van der Waals surface area contributed by atoms with Crippen LogP contribution in [0.15, 0.2) is 22.7 Å². The lowest BCUT2D eigenvalue weighted by atomic mass is 10.1. The number of benzene rings is 1. The lowest BCUT2D eigenvalue weighted by Gasteiger charge is -2.19. The van der Waals surface area contributed by atoms with Gasteiger partial charge in [-0.3, -0.25) is 0 Å². The third-order valence-corrected chi connectivity index (χ3v) is 3.92. The molecular weight excluding hydrogens is 339 g/mol. The van der Waals surface area contributed by atoms with Gasteiger partial charge in [-0.25, -0.2) is 13.6 Å². The van der Waals surface area contributed by atoms with E-state index in [1.807, 2.05) is 0 Å². The van der Waals surface area contributed by atoms with E-state index in [1.54, 1.807) is 0 Å². The second-order valence-corrected chi connectivity index (χ2v) is 5.91. The number of methoxy groups -OCH3 is 1. The molecule has 1 atom stereocenters. The van der Waals surface area contributed by atoms with Crippen molar-refractivity contribution in [1.82, 2.24) is 0 Å². The molecule has 0 radical (unpaired) electrons. The zero-order valence-corrected chi connectivity index (χ0v) is 11.4. The van der Waals surface area contributed by atoms with Gasteiger partial charge in [0, 0.05) is 0 Å². The highest BCUT2D eigenvalue weighted by molar-refractivity contribution is 9.10. The molecule has 9 heteroatoms. The van der Waals surface area contributed by atoms with Crippen LogP contribution in [0.4, 0.5) is 13.2 Å². The standard InChI is InChI=1S/C9H9BrF3NO3S/c1-17-7-3-2-5(4-6(7)10)8(9(11,12)13)18(14,15)16/h2-4,8H,1H3,(H2,14,15,16). The highest BCUT2D eigenvalue weighted by atomic mass is 79.9. The summed E-state index contributed by atoms with van der Waals surface area (Å²) >= 11 is 2.98. The van der Waals surface area contributed by atoms with Crippen molar-refractivity contribution in [3.05, 3.63) is 28.2 Å². The van der Waals surface area contributed by atoms with Crippen molar-refractivity contribution in [2.45, 2.75) is 11.4 Å². The first-order chi connectivity index (χ1) is 8.07. The Morgan fingerprint density at radius 3 is 2.28 bits per heavy atom. The van der Waals surface area contributed by atoms with E-state index in [-0.39, 0.29) is 10.2 Å². The van der Waals surface area contributed by atoms with Gasteiger partial charge in [0.05, 0.1) is 11.6 Å². The van der Waals surface area contributed by atoms with Crippen molar-refractivity contribution in [2.75, 3.05) is 7.11 Å². The molecule has 18 heavy (non-hydrogen) atoms. The zero-order valence-electron chi connectivity index (χ0n) is 9.03. The number of rotatable bonds is 3. The number of halogens is 4.